The lowest BCUT2D eigenvalue weighted by molar-refractivity contribution is 0.0325. The minimum absolute atomic E-state index is 0.0777. The van der Waals surface area contributed by atoms with E-state index in [2.05, 4.69) is 4.98 Å². The number of thiazole rings is 1. The fourth-order valence-electron chi connectivity index (χ4n) is 3.40. The average molecular weight is 535 g/mol. The summed E-state index contributed by atoms with van der Waals surface area (Å²) in [6.45, 7) is 1.01. The van der Waals surface area contributed by atoms with Crippen LogP contribution in [0.3, 0.4) is 0 Å². The highest BCUT2D eigenvalue weighted by Crippen LogP contribution is 2.35. The van der Waals surface area contributed by atoms with Gasteiger partial charge in [-0.1, -0.05) is 35.1 Å². The second kappa shape index (κ2) is 12.2. The molecule has 0 fully saturated rings. The zero-order valence-corrected chi connectivity index (χ0v) is 21.0. The summed E-state index contributed by atoms with van der Waals surface area (Å²) in [6, 6.07) is 10.6. The third-order valence-electron chi connectivity index (χ3n) is 5.09. The SMILES string of the molecule is COc1cc(C=c2sc3nc(-c4cccc(OCCOCCOCCF)c4)cn3c2=O)cc(Cl)c1O. The molecule has 0 saturated carbocycles. The lowest BCUT2D eigenvalue weighted by Crippen LogP contribution is -2.22. The van der Waals surface area contributed by atoms with Crippen molar-refractivity contribution in [2.75, 3.05) is 46.8 Å². The lowest BCUT2D eigenvalue weighted by atomic mass is 10.1. The summed E-state index contributed by atoms with van der Waals surface area (Å²) < 4.78 is 35.2. The smallest absolute Gasteiger partial charge is 0.274 e. The number of hydrogen-bond acceptors (Lipinski definition) is 8. The van der Waals surface area contributed by atoms with Crippen LogP contribution in [0, 0.1) is 0 Å². The molecule has 8 nitrogen and oxygen atoms in total. The molecule has 2 aromatic carbocycles. The summed E-state index contributed by atoms with van der Waals surface area (Å²) in [5.74, 6) is 0.722. The Labute approximate surface area is 215 Å². The number of phenols is 1. The number of phenolic OH excluding ortho intramolecular Hbond substituents is 1. The van der Waals surface area contributed by atoms with Crippen molar-refractivity contribution >= 4 is 34.0 Å². The van der Waals surface area contributed by atoms with E-state index in [9.17, 15) is 14.3 Å². The number of alkyl halides is 1. The van der Waals surface area contributed by atoms with E-state index in [0.29, 0.717) is 52.9 Å². The third kappa shape index (κ3) is 6.14. The van der Waals surface area contributed by atoms with Gasteiger partial charge in [-0.3, -0.25) is 9.20 Å². The maximum absolute atomic E-state index is 13.0. The molecule has 1 N–H and O–H groups in total. The molecule has 0 spiro atoms. The molecule has 2 heterocycles. The Morgan fingerprint density at radius 1 is 1.14 bits per heavy atom. The summed E-state index contributed by atoms with van der Waals surface area (Å²) in [4.78, 5) is 18.1. The Bertz CT molecular complexity index is 1440. The van der Waals surface area contributed by atoms with Crippen molar-refractivity contribution in [3.63, 3.8) is 0 Å². The van der Waals surface area contributed by atoms with Crippen molar-refractivity contribution in [3.8, 4) is 28.5 Å². The van der Waals surface area contributed by atoms with Crippen LogP contribution in [0.5, 0.6) is 17.2 Å². The number of fused-ring (bicyclic) bond motifs is 1. The average Bonchev–Trinajstić information content (AvgIpc) is 3.42. The van der Waals surface area contributed by atoms with Gasteiger partial charge in [0.2, 0.25) is 0 Å². The van der Waals surface area contributed by atoms with Gasteiger partial charge in [0.15, 0.2) is 16.5 Å². The van der Waals surface area contributed by atoms with Gasteiger partial charge in [-0.2, -0.15) is 0 Å². The predicted octanol–water partition coefficient (Wildman–Crippen LogP) is 3.72. The van der Waals surface area contributed by atoms with Crippen LogP contribution < -0.4 is 19.6 Å². The van der Waals surface area contributed by atoms with E-state index >= 15 is 0 Å². The quantitative estimate of drug-likeness (QED) is 0.277. The summed E-state index contributed by atoms with van der Waals surface area (Å²) in [5, 5.41) is 10.0. The summed E-state index contributed by atoms with van der Waals surface area (Å²) >= 11 is 7.30. The fraction of sp³-hybridized carbons (Fsp3) is 0.280. The van der Waals surface area contributed by atoms with Gasteiger partial charge in [0, 0.05) is 11.8 Å². The highest BCUT2D eigenvalue weighted by atomic mass is 35.5. The van der Waals surface area contributed by atoms with Crippen molar-refractivity contribution in [1.82, 2.24) is 9.38 Å². The van der Waals surface area contributed by atoms with Gasteiger partial charge < -0.3 is 24.1 Å². The minimum atomic E-state index is -0.505. The normalized spacial score (nSPS) is 11.9. The van der Waals surface area contributed by atoms with Crippen LogP contribution in [0.4, 0.5) is 4.39 Å². The number of benzene rings is 2. The van der Waals surface area contributed by atoms with Crippen LogP contribution in [0.25, 0.3) is 22.3 Å². The van der Waals surface area contributed by atoms with Crippen molar-refractivity contribution in [3.05, 3.63) is 68.1 Å². The van der Waals surface area contributed by atoms with Gasteiger partial charge in [-0.15, -0.1) is 0 Å². The summed E-state index contributed by atoms with van der Waals surface area (Å²) in [6.07, 6.45) is 3.37. The van der Waals surface area contributed by atoms with Crippen LogP contribution in [0.15, 0.2) is 47.4 Å². The molecular formula is C25H24ClFN2O6S. The second-order valence-corrected chi connectivity index (χ2v) is 8.95. The molecule has 0 radical (unpaired) electrons. The van der Waals surface area contributed by atoms with Crippen molar-refractivity contribution < 1.29 is 28.4 Å². The zero-order chi connectivity index (χ0) is 25.5. The Hall–Kier alpha value is -3.18. The third-order valence-corrected chi connectivity index (χ3v) is 6.36. The summed E-state index contributed by atoms with van der Waals surface area (Å²) in [5.41, 5.74) is 1.87. The monoisotopic (exact) mass is 534 g/mol. The molecule has 0 bridgehead atoms. The fourth-order valence-corrected chi connectivity index (χ4v) is 4.57. The molecule has 4 aromatic rings. The predicted molar refractivity (Wildman–Crippen MR) is 136 cm³/mol. The molecule has 0 unspecified atom stereocenters. The Balaban J connectivity index is 1.46. The largest absolute Gasteiger partial charge is 0.503 e. The second-order valence-electron chi connectivity index (χ2n) is 7.54. The molecular weight excluding hydrogens is 511 g/mol. The summed E-state index contributed by atoms with van der Waals surface area (Å²) in [7, 11) is 1.43. The molecule has 0 aliphatic heterocycles. The minimum Gasteiger partial charge on any atom is -0.503 e. The Morgan fingerprint density at radius 3 is 2.67 bits per heavy atom. The van der Waals surface area contributed by atoms with Crippen LogP contribution in [-0.2, 0) is 9.47 Å². The molecule has 0 aliphatic carbocycles. The standard InChI is InChI=1S/C25H24ClFN2O6S/c1-32-21-12-16(11-19(26)23(21)30)13-22-24(31)29-15-20(28-25(29)36-22)17-3-2-4-18(14-17)35-10-9-34-8-7-33-6-5-27/h2-4,11-15,30H,5-10H2,1H3. The topological polar surface area (TPSA) is 91.5 Å². The molecule has 2 aromatic heterocycles. The number of imidazole rings is 1. The van der Waals surface area contributed by atoms with E-state index in [-0.39, 0.29) is 28.7 Å². The first kappa shape index (κ1) is 25.9. The van der Waals surface area contributed by atoms with E-state index in [1.165, 1.54) is 22.8 Å². The van der Waals surface area contributed by atoms with Gasteiger partial charge in [-0.05, 0) is 35.9 Å². The zero-order valence-electron chi connectivity index (χ0n) is 19.4. The van der Waals surface area contributed by atoms with Gasteiger partial charge in [-0.25, -0.2) is 9.37 Å². The van der Waals surface area contributed by atoms with Crippen molar-refractivity contribution in [2.45, 2.75) is 0 Å². The van der Waals surface area contributed by atoms with Crippen molar-refractivity contribution in [1.29, 1.82) is 0 Å². The van der Waals surface area contributed by atoms with E-state index < -0.39 is 6.67 Å². The molecule has 0 amide bonds. The molecule has 0 atom stereocenters. The van der Waals surface area contributed by atoms with Crippen LogP contribution in [-0.4, -0.2) is 61.3 Å². The van der Waals surface area contributed by atoms with E-state index in [1.807, 2.05) is 24.3 Å². The molecule has 4 rings (SSSR count). The number of hydrogen-bond donors (Lipinski definition) is 1. The first-order valence-electron chi connectivity index (χ1n) is 11.0. The number of nitrogens with zero attached hydrogens (tertiary/aromatic N) is 2. The molecule has 0 aliphatic rings. The van der Waals surface area contributed by atoms with Crippen molar-refractivity contribution in [2.24, 2.45) is 0 Å². The first-order valence-corrected chi connectivity index (χ1v) is 12.2. The number of rotatable bonds is 12. The van der Waals surface area contributed by atoms with E-state index in [4.69, 9.17) is 30.5 Å². The number of methoxy groups -OCH3 is 1. The molecule has 11 heteroatoms. The first-order chi connectivity index (χ1) is 17.5. The molecule has 0 saturated heterocycles. The van der Waals surface area contributed by atoms with Gasteiger partial charge in [0.25, 0.3) is 5.56 Å². The van der Waals surface area contributed by atoms with Crippen LogP contribution >= 0.6 is 22.9 Å². The van der Waals surface area contributed by atoms with Crippen LogP contribution in [0.2, 0.25) is 5.02 Å². The van der Waals surface area contributed by atoms with Crippen LogP contribution in [0.1, 0.15) is 5.56 Å². The maximum atomic E-state index is 13.0. The van der Waals surface area contributed by atoms with Gasteiger partial charge in [0.05, 0.1) is 48.8 Å². The number of halogens is 2. The highest BCUT2D eigenvalue weighted by Gasteiger charge is 2.12. The molecule has 190 valence electrons. The Kier molecular flexibility index (Phi) is 8.76. The molecule has 36 heavy (non-hydrogen) atoms. The number of aromatic nitrogens is 2. The maximum Gasteiger partial charge on any atom is 0.274 e. The number of ether oxygens (including phenoxy) is 4. The van der Waals surface area contributed by atoms with Gasteiger partial charge >= 0.3 is 0 Å². The number of aromatic hydroxyl groups is 1. The van der Waals surface area contributed by atoms with E-state index in [0.717, 1.165) is 5.56 Å². The highest BCUT2D eigenvalue weighted by molar-refractivity contribution is 7.15. The van der Waals surface area contributed by atoms with E-state index in [1.54, 1.807) is 24.4 Å². The van der Waals surface area contributed by atoms with Gasteiger partial charge in [0.1, 0.15) is 19.0 Å². The Morgan fingerprint density at radius 2 is 1.92 bits per heavy atom. The lowest BCUT2D eigenvalue weighted by Gasteiger charge is -2.08.